The number of hydrogen-bond donors (Lipinski definition) is 4. The first-order valence-corrected chi connectivity index (χ1v) is 8.43. The second kappa shape index (κ2) is 8.04. The summed E-state index contributed by atoms with van der Waals surface area (Å²) in [4.78, 5) is 29.8. The van der Waals surface area contributed by atoms with Gasteiger partial charge in [-0.25, -0.2) is 4.98 Å². The van der Waals surface area contributed by atoms with Crippen molar-refractivity contribution in [2.45, 2.75) is 6.10 Å². The molecule has 0 bridgehead atoms. The van der Waals surface area contributed by atoms with Gasteiger partial charge in [0, 0.05) is 17.2 Å². The fraction of sp³-hybridized carbons (Fsp3) is 0.0588. The average Bonchev–Trinajstić information content (AvgIpc) is 2.68. The second-order valence-electron chi connectivity index (χ2n) is 5.84. The normalized spacial score (nSPS) is 12.6. The number of halogens is 1. The predicted octanol–water partition coefficient (Wildman–Crippen LogP) is 1.20. The maximum atomic E-state index is 12.6. The highest BCUT2D eigenvalue weighted by molar-refractivity contribution is 6.31. The lowest BCUT2D eigenvalue weighted by Crippen LogP contribution is -2.27. The molecule has 11 nitrogen and oxygen atoms in total. The molecule has 148 valence electrons. The number of guanidine groups is 1. The SMILES string of the molecule is NC(N)=N/N=C(\c1nc2ccc(Cl)cc2[nH]c1=O)[C@H](O)c1cccc([N+](=O)[O-])c1. The molecule has 0 unspecified atom stereocenters. The third kappa shape index (κ3) is 4.36. The topological polar surface area (TPSA) is 186 Å². The summed E-state index contributed by atoms with van der Waals surface area (Å²) < 4.78 is 0. The zero-order chi connectivity index (χ0) is 21.1. The van der Waals surface area contributed by atoms with E-state index in [4.69, 9.17) is 23.1 Å². The standard InChI is InChI=1S/C17H14ClN7O4/c18-9-4-5-11-12(7-9)22-16(27)14(21-11)13(23-24-17(19)20)15(26)8-2-1-3-10(6-8)25(28)29/h1-7,15,26H,(H,22,27)(H4,19,20,24)/b23-13+/t15-/m1/s1. The summed E-state index contributed by atoms with van der Waals surface area (Å²) in [5, 5.41) is 29.4. The number of fused-ring (bicyclic) bond motifs is 1. The van der Waals surface area contributed by atoms with Gasteiger partial charge in [-0.15, -0.1) is 10.2 Å². The molecule has 1 heterocycles. The Hall–Kier alpha value is -3.83. The fourth-order valence-electron chi connectivity index (χ4n) is 2.54. The Morgan fingerprint density at radius 3 is 2.69 bits per heavy atom. The first-order chi connectivity index (χ1) is 13.8. The molecule has 3 aromatic rings. The number of nitrogens with zero attached hydrogens (tertiary/aromatic N) is 4. The van der Waals surface area contributed by atoms with Crippen molar-refractivity contribution in [1.29, 1.82) is 0 Å². The number of non-ortho nitro benzene ring substituents is 1. The molecule has 2 aromatic carbocycles. The van der Waals surface area contributed by atoms with Crippen LogP contribution in [0.2, 0.25) is 5.02 Å². The van der Waals surface area contributed by atoms with E-state index in [9.17, 15) is 20.0 Å². The Morgan fingerprint density at radius 1 is 1.24 bits per heavy atom. The highest BCUT2D eigenvalue weighted by atomic mass is 35.5. The van der Waals surface area contributed by atoms with Crippen LogP contribution in [0.5, 0.6) is 0 Å². The van der Waals surface area contributed by atoms with Crippen LogP contribution in [0, 0.1) is 10.1 Å². The van der Waals surface area contributed by atoms with Gasteiger partial charge >= 0.3 is 0 Å². The smallest absolute Gasteiger partial charge is 0.276 e. The van der Waals surface area contributed by atoms with Crippen LogP contribution in [0.4, 0.5) is 5.69 Å². The zero-order valence-electron chi connectivity index (χ0n) is 14.6. The molecular formula is C17H14ClN7O4. The number of nitro groups is 1. The molecular weight excluding hydrogens is 402 g/mol. The molecule has 0 spiro atoms. The summed E-state index contributed by atoms with van der Waals surface area (Å²) in [5.74, 6) is -0.419. The lowest BCUT2D eigenvalue weighted by molar-refractivity contribution is -0.385. The van der Waals surface area contributed by atoms with Gasteiger partial charge in [-0.1, -0.05) is 23.7 Å². The van der Waals surface area contributed by atoms with Gasteiger partial charge in [0.2, 0.25) is 5.96 Å². The van der Waals surface area contributed by atoms with Gasteiger partial charge in [-0.3, -0.25) is 14.9 Å². The van der Waals surface area contributed by atoms with Crippen LogP contribution in [-0.2, 0) is 0 Å². The van der Waals surface area contributed by atoms with Gasteiger partial charge in [0.25, 0.3) is 11.2 Å². The first-order valence-electron chi connectivity index (χ1n) is 8.05. The predicted molar refractivity (Wildman–Crippen MR) is 108 cm³/mol. The van der Waals surface area contributed by atoms with E-state index in [1.54, 1.807) is 12.1 Å². The van der Waals surface area contributed by atoms with Crippen LogP contribution >= 0.6 is 11.6 Å². The number of benzene rings is 2. The summed E-state index contributed by atoms with van der Waals surface area (Å²) in [7, 11) is 0. The highest BCUT2D eigenvalue weighted by Crippen LogP contribution is 2.23. The number of aromatic amines is 1. The van der Waals surface area contributed by atoms with Crippen molar-refractivity contribution in [2.75, 3.05) is 0 Å². The number of H-pyrrole nitrogens is 1. The molecule has 12 heteroatoms. The lowest BCUT2D eigenvalue weighted by Gasteiger charge is -2.13. The Balaban J connectivity index is 2.18. The van der Waals surface area contributed by atoms with Gasteiger partial charge < -0.3 is 21.6 Å². The van der Waals surface area contributed by atoms with Crippen molar-refractivity contribution in [1.82, 2.24) is 9.97 Å². The van der Waals surface area contributed by atoms with Gasteiger partial charge in [0.1, 0.15) is 11.8 Å². The van der Waals surface area contributed by atoms with Crippen LogP contribution in [0.3, 0.4) is 0 Å². The molecule has 1 aromatic heterocycles. The van der Waals surface area contributed by atoms with E-state index in [1.165, 1.54) is 24.3 Å². The number of nitro benzene ring substituents is 1. The van der Waals surface area contributed by atoms with Crippen LogP contribution in [0.15, 0.2) is 57.5 Å². The van der Waals surface area contributed by atoms with E-state index in [-0.39, 0.29) is 22.7 Å². The zero-order valence-corrected chi connectivity index (χ0v) is 15.4. The summed E-state index contributed by atoms with van der Waals surface area (Å²) in [5.41, 5.74) is 9.94. The molecule has 3 rings (SSSR count). The average molecular weight is 416 g/mol. The summed E-state index contributed by atoms with van der Waals surface area (Å²) >= 11 is 5.91. The molecule has 29 heavy (non-hydrogen) atoms. The number of aliphatic hydroxyl groups excluding tert-OH is 1. The van der Waals surface area contributed by atoms with Crippen LogP contribution in [0.1, 0.15) is 17.4 Å². The minimum Gasteiger partial charge on any atom is -0.382 e. The lowest BCUT2D eigenvalue weighted by atomic mass is 10.0. The number of aromatic nitrogens is 2. The molecule has 0 aliphatic heterocycles. The van der Waals surface area contributed by atoms with Crippen molar-refractivity contribution in [2.24, 2.45) is 21.7 Å². The molecule has 0 saturated carbocycles. The van der Waals surface area contributed by atoms with Gasteiger partial charge in [0.15, 0.2) is 5.69 Å². The molecule has 0 aliphatic carbocycles. The summed E-state index contributed by atoms with van der Waals surface area (Å²) in [6.07, 6.45) is -1.57. The molecule has 0 aliphatic rings. The Labute approximate surface area is 167 Å². The van der Waals surface area contributed by atoms with Crippen LogP contribution in [0.25, 0.3) is 11.0 Å². The largest absolute Gasteiger partial charge is 0.382 e. The van der Waals surface area contributed by atoms with E-state index in [2.05, 4.69) is 20.2 Å². The fourth-order valence-corrected chi connectivity index (χ4v) is 2.71. The molecule has 0 fully saturated rings. The summed E-state index contributed by atoms with van der Waals surface area (Å²) in [6.45, 7) is 0. The van der Waals surface area contributed by atoms with Crippen molar-refractivity contribution in [3.8, 4) is 0 Å². The van der Waals surface area contributed by atoms with E-state index in [0.29, 0.717) is 16.1 Å². The van der Waals surface area contributed by atoms with Crippen molar-refractivity contribution >= 4 is 40.0 Å². The number of hydrogen-bond acceptors (Lipinski definition) is 7. The quantitative estimate of drug-likeness (QED) is 0.208. The molecule has 0 radical (unpaired) electrons. The number of rotatable bonds is 5. The minimum atomic E-state index is -1.57. The van der Waals surface area contributed by atoms with E-state index >= 15 is 0 Å². The second-order valence-corrected chi connectivity index (χ2v) is 6.28. The minimum absolute atomic E-state index is 0.0983. The number of nitrogens with two attached hydrogens (primary N) is 2. The Kier molecular flexibility index (Phi) is 5.52. The van der Waals surface area contributed by atoms with Gasteiger partial charge in [0.05, 0.1) is 16.0 Å². The van der Waals surface area contributed by atoms with Crippen molar-refractivity contribution < 1.29 is 10.0 Å². The van der Waals surface area contributed by atoms with E-state index in [1.807, 2.05) is 0 Å². The van der Waals surface area contributed by atoms with E-state index < -0.39 is 22.5 Å². The molecule has 0 saturated heterocycles. The first kappa shape index (κ1) is 19.9. The third-order valence-corrected chi connectivity index (χ3v) is 4.06. The number of aliphatic hydroxyl groups is 1. The maximum Gasteiger partial charge on any atom is 0.276 e. The highest BCUT2D eigenvalue weighted by Gasteiger charge is 2.24. The van der Waals surface area contributed by atoms with Gasteiger partial charge in [-0.2, -0.15) is 0 Å². The molecule has 0 amide bonds. The molecule has 6 N–H and O–H groups in total. The summed E-state index contributed by atoms with van der Waals surface area (Å²) in [6, 6.07) is 9.86. The van der Waals surface area contributed by atoms with Crippen molar-refractivity contribution in [3.63, 3.8) is 0 Å². The Bertz CT molecular complexity index is 1220. The third-order valence-electron chi connectivity index (χ3n) is 3.83. The van der Waals surface area contributed by atoms with Crippen molar-refractivity contribution in [3.05, 3.63) is 79.2 Å². The molecule has 1 atom stereocenters. The van der Waals surface area contributed by atoms with Crippen LogP contribution < -0.4 is 17.0 Å². The van der Waals surface area contributed by atoms with Crippen LogP contribution in [-0.4, -0.2) is 31.7 Å². The Morgan fingerprint density at radius 2 is 2.00 bits per heavy atom. The maximum absolute atomic E-state index is 12.6. The monoisotopic (exact) mass is 415 g/mol. The van der Waals surface area contributed by atoms with E-state index in [0.717, 1.165) is 6.07 Å². The number of nitrogens with one attached hydrogen (secondary N) is 1. The van der Waals surface area contributed by atoms with Gasteiger partial charge in [-0.05, 0) is 23.8 Å².